The van der Waals surface area contributed by atoms with Gasteiger partial charge in [0, 0.05) is 17.1 Å². The summed E-state index contributed by atoms with van der Waals surface area (Å²) in [5.41, 5.74) is 25.0. The van der Waals surface area contributed by atoms with E-state index in [1.54, 1.807) is 0 Å². The van der Waals surface area contributed by atoms with E-state index in [1.165, 1.54) is 100 Å². The van der Waals surface area contributed by atoms with Crippen LogP contribution in [0.15, 0.2) is 273 Å². The second kappa shape index (κ2) is 16.3. The Morgan fingerprint density at radius 1 is 0.206 bits per heavy atom. The summed E-state index contributed by atoms with van der Waals surface area (Å²) in [4.78, 5) is 2.47. The predicted molar refractivity (Wildman–Crippen MR) is 285 cm³/mol. The van der Waals surface area contributed by atoms with Crippen LogP contribution in [0.1, 0.15) is 22.3 Å². The molecule has 0 saturated heterocycles. The molecule has 13 rings (SSSR count). The topological polar surface area (TPSA) is 3.24 Å². The van der Waals surface area contributed by atoms with E-state index < -0.39 is 5.41 Å². The summed E-state index contributed by atoms with van der Waals surface area (Å²) < 4.78 is 0. The van der Waals surface area contributed by atoms with Crippen molar-refractivity contribution < 1.29 is 0 Å². The molecule has 2 aliphatic rings. The van der Waals surface area contributed by atoms with Gasteiger partial charge in [-0.15, -0.1) is 0 Å². The SMILES string of the molecule is c1ccc(-c2ccc(-c3ccc(N(c4ccc5c(c4)-c4ccccc4-c4ccccc4-c4ccccc4-5)c4ccc5c(c4)C(c4ccccc4)(c4ccccc4)c4ccccc4-5)cc3)cc2)cc1. The molecule has 0 atom stereocenters. The average molecular weight is 864 g/mol. The number of anilines is 3. The standard InChI is InChI=1S/C67H45N/c1-4-18-46(19-5-1)47-32-34-48(35-33-47)49-36-38-52(39-37-49)68(53-40-42-61-59-28-13-12-26-57(59)55-24-10-11-25-56(55)58-27-14-15-29-60(58)64(61)44-53)54-41-43-63-62-30-16-17-31-65(62)67(66(63)45-54,50-20-6-2-7-21-50)51-22-8-3-9-23-51/h1-45H. The summed E-state index contributed by atoms with van der Waals surface area (Å²) in [5.74, 6) is 0. The summed E-state index contributed by atoms with van der Waals surface area (Å²) in [6.45, 7) is 0. The maximum absolute atomic E-state index is 2.47. The lowest BCUT2D eigenvalue weighted by Gasteiger charge is -2.35. The third-order valence-electron chi connectivity index (χ3n) is 14.4. The van der Waals surface area contributed by atoms with Gasteiger partial charge in [-0.2, -0.15) is 0 Å². The fraction of sp³-hybridized carbons (Fsp3) is 0.0149. The molecule has 1 nitrogen and oxygen atoms in total. The van der Waals surface area contributed by atoms with Crippen molar-refractivity contribution >= 4 is 17.1 Å². The molecule has 0 unspecified atom stereocenters. The molecule has 68 heavy (non-hydrogen) atoms. The molecule has 0 bridgehead atoms. The molecule has 0 heterocycles. The van der Waals surface area contributed by atoms with E-state index in [0.29, 0.717) is 0 Å². The number of hydrogen-bond donors (Lipinski definition) is 0. The monoisotopic (exact) mass is 863 g/mol. The van der Waals surface area contributed by atoms with Crippen LogP contribution in [0.3, 0.4) is 0 Å². The minimum absolute atomic E-state index is 0.534. The van der Waals surface area contributed by atoms with E-state index in [1.807, 2.05) is 0 Å². The van der Waals surface area contributed by atoms with Crippen LogP contribution in [0.25, 0.3) is 77.9 Å². The highest BCUT2D eigenvalue weighted by Crippen LogP contribution is 2.58. The number of fused-ring (bicyclic) bond motifs is 11. The lowest BCUT2D eigenvalue weighted by molar-refractivity contribution is 0.768. The van der Waals surface area contributed by atoms with Crippen molar-refractivity contribution in [3.63, 3.8) is 0 Å². The van der Waals surface area contributed by atoms with Gasteiger partial charge in [-0.3, -0.25) is 0 Å². The highest BCUT2D eigenvalue weighted by Gasteiger charge is 2.46. The Morgan fingerprint density at radius 3 is 1.03 bits per heavy atom. The van der Waals surface area contributed by atoms with Gasteiger partial charge in [0.1, 0.15) is 0 Å². The molecule has 318 valence electrons. The largest absolute Gasteiger partial charge is 0.310 e. The molecule has 0 aliphatic heterocycles. The van der Waals surface area contributed by atoms with E-state index in [4.69, 9.17) is 0 Å². The van der Waals surface area contributed by atoms with Gasteiger partial charge in [0.15, 0.2) is 0 Å². The highest BCUT2D eigenvalue weighted by molar-refractivity contribution is 6.04. The molecule has 11 aromatic rings. The Morgan fingerprint density at radius 2 is 0.529 bits per heavy atom. The van der Waals surface area contributed by atoms with E-state index in [2.05, 4.69) is 278 Å². The van der Waals surface area contributed by atoms with Crippen molar-refractivity contribution in [1.29, 1.82) is 0 Å². The van der Waals surface area contributed by atoms with Gasteiger partial charge < -0.3 is 4.90 Å². The van der Waals surface area contributed by atoms with Crippen LogP contribution in [0.5, 0.6) is 0 Å². The number of nitrogens with zero attached hydrogens (tertiary/aromatic N) is 1. The van der Waals surface area contributed by atoms with Gasteiger partial charge in [0.25, 0.3) is 0 Å². The molecule has 0 fully saturated rings. The van der Waals surface area contributed by atoms with Crippen LogP contribution >= 0.6 is 0 Å². The Kier molecular flexibility index (Phi) is 9.47. The van der Waals surface area contributed by atoms with Crippen molar-refractivity contribution in [2.24, 2.45) is 0 Å². The second-order valence-corrected chi connectivity index (χ2v) is 17.9. The van der Waals surface area contributed by atoms with Crippen LogP contribution < -0.4 is 4.90 Å². The van der Waals surface area contributed by atoms with Crippen molar-refractivity contribution in [2.45, 2.75) is 5.41 Å². The van der Waals surface area contributed by atoms with Crippen LogP contribution in [0, 0.1) is 0 Å². The van der Waals surface area contributed by atoms with Crippen LogP contribution in [0.2, 0.25) is 0 Å². The zero-order valence-electron chi connectivity index (χ0n) is 37.4. The van der Waals surface area contributed by atoms with Crippen molar-refractivity contribution in [1.82, 2.24) is 0 Å². The van der Waals surface area contributed by atoms with E-state index in [9.17, 15) is 0 Å². The van der Waals surface area contributed by atoms with Crippen LogP contribution in [-0.2, 0) is 5.41 Å². The third-order valence-corrected chi connectivity index (χ3v) is 14.4. The molecule has 11 aromatic carbocycles. The molecule has 0 spiro atoms. The first-order chi connectivity index (χ1) is 33.7. The maximum Gasteiger partial charge on any atom is 0.0714 e. The molecular formula is C67H45N. The quantitative estimate of drug-likeness (QED) is 0.154. The molecule has 0 aromatic heterocycles. The van der Waals surface area contributed by atoms with Gasteiger partial charge in [0.05, 0.1) is 5.41 Å². The third kappa shape index (κ3) is 6.32. The van der Waals surface area contributed by atoms with Gasteiger partial charge in [-0.25, -0.2) is 0 Å². The molecule has 0 radical (unpaired) electrons. The first kappa shape index (κ1) is 39.6. The molecule has 1 heteroatoms. The van der Waals surface area contributed by atoms with Crippen LogP contribution in [-0.4, -0.2) is 0 Å². The normalized spacial score (nSPS) is 12.5. The van der Waals surface area contributed by atoms with Gasteiger partial charge in [-0.1, -0.05) is 237 Å². The fourth-order valence-electron chi connectivity index (χ4n) is 11.3. The highest BCUT2D eigenvalue weighted by atomic mass is 15.1. The minimum Gasteiger partial charge on any atom is -0.310 e. The Balaban J connectivity index is 1.03. The van der Waals surface area contributed by atoms with Gasteiger partial charge >= 0.3 is 0 Å². The maximum atomic E-state index is 2.47. The van der Waals surface area contributed by atoms with Gasteiger partial charge in [0.2, 0.25) is 0 Å². The molecule has 2 aliphatic carbocycles. The van der Waals surface area contributed by atoms with Crippen molar-refractivity contribution in [2.75, 3.05) is 4.90 Å². The number of benzene rings is 11. The molecule has 0 N–H and O–H groups in total. The van der Waals surface area contributed by atoms with E-state index in [-0.39, 0.29) is 0 Å². The molecular weight excluding hydrogens is 819 g/mol. The smallest absolute Gasteiger partial charge is 0.0714 e. The van der Waals surface area contributed by atoms with E-state index >= 15 is 0 Å². The molecule has 0 amide bonds. The summed E-state index contributed by atoms with van der Waals surface area (Å²) in [7, 11) is 0. The summed E-state index contributed by atoms with van der Waals surface area (Å²) in [5, 5.41) is 0. The van der Waals surface area contributed by atoms with Gasteiger partial charge in [-0.05, 0) is 137 Å². The lowest BCUT2D eigenvalue weighted by Crippen LogP contribution is -2.28. The Labute approximate surface area is 398 Å². The lowest BCUT2D eigenvalue weighted by atomic mass is 9.67. The fourth-order valence-corrected chi connectivity index (χ4v) is 11.3. The average Bonchev–Trinajstić information content (AvgIpc) is 3.72. The Hall–Kier alpha value is -8.78. The Bertz CT molecular complexity index is 3600. The second-order valence-electron chi connectivity index (χ2n) is 17.9. The molecule has 0 saturated carbocycles. The number of hydrogen-bond acceptors (Lipinski definition) is 1. The van der Waals surface area contributed by atoms with Crippen molar-refractivity contribution in [3.8, 4) is 77.9 Å². The summed E-state index contributed by atoms with van der Waals surface area (Å²) in [6.07, 6.45) is 0. The first-order valence-electron chi connectivity index (χ1n) is 23.6. The first-order valence-corrected chi connectivity index (χ1v) is 23.6. The minimum atomic E-state index is -0.534. The predicted octanol–water partition coefficient (Wildman–Crippen LogP) is 17.8. The summed E-state index contributed by atoms with van der Waals surface area (Å²) in [6, 6.07) is 101. The zero-order chi connectivity index (χ0) is 45.0. The summed E-state index contributed by atoms with van der Waals surface area (Å²) >= 11 is 0. The van der Waals surface area contributed by atoms with Crippen molar-refractivity contribution in [3.05, 3.63) is 295 Å². The zero-order valence-corrected chi connectivity index (χ0v) is 37.4. The number of rotatable bonds is 7. The van der Waals surface area contributed by atoms with Crippen LogP contribution in [0.4, 0.5) is 17.1 Å². The van der Waals surface area contributed by atoms with E-state index in [0.717, 1.165) is 17.1 Å².